The summed E-state index contributed by atoms with van der Waals surface area (Å²) in [5.74, 6) is -2.88. The van der Waals surface area contributed by atoms with Crippen LogP contribution in [0.2, 0.25) is 0 Å². The largest absolute Gasteiger partial charge is 0.465 e. The van der Waals surface area contributed by atoms with Crippen molar-refractivity contribution in [1.82, 2.24) is 4.90 Å². The lowest BCUT2D eigenvalue weighted by atomic mass is 10.1. The van der Waals surface area contributed by atoms with E-state index in [4.69, 9.17) is 0 Å². The summed E-state index contributed by atoms with van der Waals surface area (Å²) in [7, 11) is 1.34. The van der Waals surface area contributed by atoms with Gasteiger partial charge in [0.15, 0.2) is 0 Å². The van der Waals surface area contributed by atoms with Crippen LogP contribution >= 0.6 is 0 Å². The van der Waals surface area contributed by atoms with E-state index in [1.807, 2.05) is 17.0 Å². The number of alkyl halides is 2. The fourth-order valence-electron chi connectivity index (χ4n) is 2.16. The van der Waals surface area contributed by atoms with E-state index in [0.717, 1.165) is 5.56 Å². The van der Waals surface area contributed by atoms with E-state index in [2.05, 4.69) is 4.74 Å². The standard InChI is InChI=1S/C14H17F2NO2/c1-19-13(18)12-4-2-11(3-5-12)10-17-8-6-14(15,16)7-9-17/h2-5H,6-10H2,1H3. The number of rotatable bonds is 3. The van der Waals surface area contributed by atoms with Gasteiger partial charge in [-0.2, -0.15) is 0 Å². The minimum atomic E-state index is -2.51. The van der Waals surface area contributed by atoms with Crippen molar-refractivity contribution in [3.8, 4) is 0 Å². The van der Waals surface area contributed by atoms with Crippen molar-refractivity contribution >= 4 is 5.97 Å². The summed E-state index contributed by atoms with van der Waals surface area (Å²) < 4.78 is 30.7. The van der Waals surface area contributed by atoms with Crippen LogP contribution in [0.3, 0.4) is 0 Å². The van der Waals surface area contributed by atoms with Crippen molar-refractivity contribution in [3.05, 3.63) is 35.4 Å². The molecule has 1 aromatic rings. The molecule has 0 bridgehead atoms. The highest BCUT2D eigenvalue weighted by atomic mass is 19.3. The summed E-state index contributed by atoms with van der Waals surface area (Å²) in [5, 5.41) is 0. The lowest BCUT2D eigenvalue weighted by Crippen LogP contribution is -2.38. The molecule has 1 aromatic carbocycles. The molecule has 0 saturated carbocycles. The SMILES string of the molecule is COC(=O)c1ccc(CN2CCC(F)(F)CC2)cc1. The maximum atomic E-state index is 13.0. The average Bonchev–Trinajstić information content (AvgIpc) is 2.41. The number of ether oxygens (including phenoxy) is 1. The molecule has 0 aromatic heterocycles. The lowest BCUT2D eigenvalue weighted by molar-refractivity contribution is -0.0566. The number of esters is 1. The van der Waals surface area contributed by atoms with Gasteiger partial charge in [-0.1, -0.05) is 12.1 Å². The Morgan fingerprint density at radius 2 is 1.84 bits per heavy atom. The first-order valence-corrected chi connectivity index (χ1v) is 6.28. The molecular formula is C14H17F2NO2. The minimum absolute atomic E-state index is 0.0761. The molecule has 0 atom stereocenters. The third-order valence-corrected chi connectivity index (χ3v) is 3.37. The van der Waals surface area contributed by atoms with Crippen molar-refractivity contribution in [2.45, 2.75) is 25.3 Å². The highest BCUT2D eigenvalue weighted by molar-refractivity contribution is 5.89. The van der Waals surface area contributed by atoms with Crippen molar-refractivity contribution < 1.29 is 18.3 Å². The minimum Gasteiger partial charge on any atom is -0.465 e. The van der Waals surface area contributed by atoms with Gasteiger partial charge in [-0.25, -0.2) is 13.6 Å². The Labute approximate surface area is 111 Å². The predicted molar refractivity (Wildman–Crippen MR) is 67.2 cm³/mol. The fraction of sp³-hybridized carbons (Fsp3) is 0.500. The first-order chi connectivity index (χ1) is 9.00. The first kappa shape index (κ1) is 13.9. The van der Waals surface area contributed by atoms with Crippen LogP contribution in [-0.4, -0.2) is 37.0 Å². The van der Waals surface area contributed by atoms with Crippen molar-refractivity contribution in [3.63, 3.8) is 0 Å². The second-order valence-electron chi connectivity index (χ2n) is 4.82. The van der Waals surface area contributed by atoms with E-state index in [1.54, 1.807) is 12.1 Å². The molecule has 0 radical (unpaired) electrons. The maximum Gasteiger partial charge on any atom is 0.337 e. The van der Waals surface area contributed by atoms with Gasteiger partial charge in [0.2, 0.25) is 0 Å². The Morgan fingerprint density at radius 1 is 1.26 bits per heavy atom. The molecule has 104 valence electrons. The van der Waals surface area contributed by atoms with Gasteiger partial charge in [0, 0.05) is 32.5 Å². The van der Waals surface area contributed by atoms with E-state index >= 15 is 0 Å². The topological polar surface area (TPSA) is 29.5 Å². The number of hydrogen-bond donors (Lipinski definition) is 0. The molecule has 1 heterocycles. The number of hydrogen-bond acceptors (Lipinski definition) is 3. The van der Waals surface area contributed by atoms with Crippen LogP contribution in [0.5, 0.6) is 0 Å². The molecule has 0 N–H and O–H groups in total. The molecule has 1 saturated heterocycles. The van der Waals surface area contributed by atoms with Gasteiger partial charge >= 0.3 is 5.97 Å². The van der Waals surface area contributed by atoms with Crippen molar-refractivity contribution in [2.24, 2.45) is 0 Å². The van der Waals surface area contributed by atoms with E-state index in [9.17, 15) is 13.6 Å². The Morgan fingerprint density at radius 3 is 2.37 bits per heavy atom. The van der Waals surface area contributed by atoms with Crippen LogP contribution in [0.4, 0.5) is 8.78 Å². The lowest BCUT2D eigenvalue weighted by Gasteiger charge is -2.31. The van der Waals surface area contributed by atoms with Gasteiger partial charge in [-0.15, -0.1) is 0 Å². The highest BCUT2D eigenvalue weighted by Crippen LogP contribution is 2.28. The summed E-state index contributed by atoms with van der Waals surface area (Å²) in [6, 6.07) is 7.05. The number of benzene rings is 1. The van der Waals surface area contributed by atoms with E-state index in [1.165, 1.54) is 7.11 Å². The van der Waals surface area contributed by atoms with Crippen LogP contribution in [-0.2, 0) is 11.3 Å². The number of likely N-dealkylation sites (tertiary alicyclic amines) is 1. The third-order valence-electron chi connectivity index (χ3n) is 3.37. The number of halogens is 2. The summed E-state index contributed by atoms with van der Waals surface area (Å²) >= 11 is 0. The highest BCUT2D eigenvalue weighted by Gasteiger charge is 2.33. The van der Waals surface area contributed by atoms with Gasteiger partial charge < -0.3 is 4.74 Å². The molecule has 0 aliphatic carbocycles. The van der Waals surface area contributed by atoms with Crippen LogP contribution in [0.1, 0.15) is 28.8 Å². The number of carbonyl (C=O) groups is 1. The number of nitrogens with zero attached hydrogens (tertiary/aromatic N) is 1. The molecule has 0 spiro atoms. The van der Waals surface area contributed by atoms with E-state index in [-0.39, 0.29) is 18.8 Å². The van der Waals surface area contributed by atoms with Gasteiger partial charge in [0.05, 0.1) is 12.7 Å². The van der Waals surface area contributed by atoms with Crippen molar-refractivity contribution in [1.29, 1.82) is 0 Å². The quantitative estimate of drug-likeness (QED) is 0.790. The molecule has 0 amide bonds. The maximum absolute atomic E-state index is 13.0. The average molecular weight is 269 g/mol. The zero-order valence-corrected chi connectivity index (χ0v) is 10.9. The molecule has 3 nitrogen and oxygen atoms in total. The Hall–Kier alpha value is -1.49. The van der Waals surface area contributed by atoms with Crippen LogP contribution in [0.25, 0.3) is 0 Å². The van der Waals surface area contributed by atoms with Crippen LogP contribution < -0.4 is 0 Å². The zero-order chi connectivity index (χ0) is 13.9. The monoisotopic (exact) mass is 269 g/mol. The molecule has 19 heavy (non-hydrogen) atoms. The summed E-state index contributed by atoms with van der Waals surface area (Å²) in [5.41, 5.74) is 1.51. The normalized spacial score (nSPS) is 19.1. The fourth-order valence-corrected chi connectivity index (χ4v) is 2.16. The summed E-state index contributed by atoms with van der Waals surface area (Å²) in [4.78, 5) is 13.3. The Balaban J connectivity index is 1.92. The predicted octanol–water partition coefficient (Wildman–Crippen LogP) is 2.70. The van der Waals surface area contributed by atoms with E-state index in [0.29, 0.717) is 25.2 Å². The van der Waals surface area contributed by atoms with Crippen LogP contribution in [0.15, 0.2) is 24.3 Å². The van der Waals surface area contributed by atoms with Gasteiger partial charge in [0.25, 0.3) is 5.92 Å². The van der Waals surface area contributed by atoms with Gasteiger partial charge in [-0.05, 0) is 17.7 Å². The molecule has 1 fully saturated rings. The zero-order valence-electron chi connectivity index (χ0n) is 10.9. The second-order valence-corrected chi connectivity index (χ2v) is 4.82. The Bertz CT molecular complexity index is 435. The van der Waals surface area contributed by atoms with Crippen molar-refractivity contribution in [2.75, 3.05) is 20.2 Å². The molecule has 0 unspecified atom stereocenters. The Kier molecular flexibility index (Phi) is 4.14. The van der Waals surface area contributed by atoms with Crippen LogP contribution in [0, 0.1) is 0 Å². The third kappa shape index (κ3) is 3.73. The second kappa shape index (κ2) is 5.65. The number of methoxy groups -OCH3 is 1. The van der Waals surface area contributed by atoms with Gasteiger partial charge in [0.1, 0.15) is 0 Å². The summed E-state index contributed by atoms with van der Waals surface area (Å²) in [6.07, 6.45) is -0.152. The molecule has 5 heteroatoms. The smallest absolute Gasteiger partial charge is 0.337 e. The van der Waals surface area contributed by atoms with Gasteiger partial charge in [-0.3, -0.25) is 4.90 Å². The first-order valence-electron chi connectivity index (χ1n) is 6.28. The molecule has 2 rings (SSSR count). The number of piperidine rings is 1. The number of carbonyl (C=O) groups excluding carboxylic acids is 1. The van der Waals surface area contributed by atoms with E-state index < -0.39 is 5.92 Å². The molecule has 1 aliphatic heterocycles. The summed E-state index contributed by atoms with van der Waals surface area (Å²) in [6.45, 7) is 1.45. The molecular weight excluding hydrogens is 252 g/mol. The molecule has 1 aliphatic rings.